The second kappa shape index (κ2) is 7.58. The maximum atomic E-state index is 9.41. The van der Waals surface area contributed by atoms with Crippen LogP contribution in [0.4, 0.5) is 0 Å². The molecule has 1 N–H and O–H groups in total. The van der Waals surface area contributed by atoms with Gasteiger partial charge in [0.15, 0.2) is 0 Å². The van der Waals surface area contributed by atoms with Crippen LogP contribution in [0.1, 0.15) is 39.5 Å². The molecule has 0 radical (unpaired) electrons. The van der Waals surface area contributed by atoms with Crippen LogP contribution in [0.2, 0.25) is 0 Å². The van der Waals surface area contributed by atoms with Crippen LogP contribution in [0.15, 0.2) is 11.6 Å². The summed E-state index contributed by atoms with van der Waals surface area (Å²) in [5.41, 5.74) is 1.57. The van der Waals surface area contributed by atoms with Crippen LogP contribution in [0.5, 0.6) is 0 Å². The fourth-order valence-corrected chi connectivity index (χ4v) is 3.86. The molecule has 0 aromatic rings. The summed E-state index contributed by atoms with van der Waals surface area (Å²) < 4.78 is 0. The summed E-state index contributed by atoms with van der Waals surface area (Å²) in [6.45, 7) is 9.35. The van der Waals surface area contributed by atoms with Gasteiger partial charge in [-0.3, -0.25) is 4.90 Å². The lowest BCUT2D eigenvalue weighted by molar-refractivity contribution is 0.0809. The van der Waals surface area contributed by atoms with E-state index in [1.165, 1.54) is 38.8 Å². The molecule has 1 saturated heterocycles. The Hall–Kier alpha value is -0.380. The molecular formula is C17H32N2O. The lowest BCUT2D eigenvalue weighted by Crippen LogP contribution is -2.47. The van der Waals surface area contributed by atoms with Gasteiger partial charge in [0.2, 0.25) is 0 Å². The third-order valence-corrected chi connectivity index (χ3v) is 5.38. The molecule has 0 bridgehead atoms. The Morgan fingerprint density at radius 3 is 2.60 bits per heavy atom. The first-order valence-electron chi connectivity index (χ1n) is 8.32. The Morgan fingerprint density at radius 2 is 2.00 bits per heavy atom. The second-order valence-corrected chi connectivity index (χ2v) is 6.86. The molecule has 3 heteroatoms. The number of rotatable bonds is 5. The van der Waals surface area contributed by atoms with Crippen LogP contribution >= 0.6 is 0 Å². The van der Waals surface area contributed by atoms with Crippen molar-refractivity contribution in [2.24, 2.45) is 11.8 Å². The first kappa shape index (κ1) is 16.0. The average Bonchev–Trinajstić information content (AvgIpc) is 2.43. The van der Waals surface area contributed by atoms with Crippen LogP contribution < -0.4 is 0 Å². The maximum absolute atomic E-state index is 9.41. The first-order valence-corrected chi connectivity index (χ1v) is 8.32. The predicted molar refractivity (Wildman–Crippen MR) is 84.8 cm³/mol. The molecule has 0 aromatic heterocycles. The summed E-state index contributed by atoms with van der Waals surface area (Å²) in [7, 11) is 2.21. The van der Waals surface area contributed by atoms with Crippen LogP contribution in [0.3, 0.4) is 0 Å². The van der Waals surface area contributed by atoms with Gasteiger partial charge in [-0.25, -0.2) is 0 Å². The van der Waals surface area contributed by atoms with Crippen molar-refractivity contribution < 1.29 is 5.11 Å². The molecule has 2 aliphatic rings. The number of likely N-dealkylation sites (tertiary alicyclic amines) is 1. The number of hydrogen-bond acceptors (Lipinski definition) is 3. The van der Waals surface area contributed by atoms with Crippen molar-refractivity contribution in [2.75, 3.05) is 39.8 Å². The monoisotopic (exact) mass is 280 g/mol. The smallest absolute Gasteiger partial charge is 0.0558 e. The maximum Gasteiger partial charge on any atom is 0.0558 e. The topological polar surface area (TPSA) is 26.7 Å². The van der Waals surface area contributed by atoms with E-state index in [-0.39, 0.29) is 6.61 Å². The highest BCUT2D eigenvalue weighted by atomic mass is 16.3. The molecule has 1 aliphatic heterocycles. The summed E-state index contributed by atoms with van der Waals surface area (Å²) in [5.74, 6) is 1.47. The lowest BCUT2D eigenvalue weighted by atomic mass is 9.79. The minimum absolute atomic E-state index is 0.288. The normalized spacial score (nSPS) is 29.8. The molecule has 0 amide bonds. The molecule has 0 unspecified atom stereocenters. The summed E-state index contributed by atoms with van der Waals surface area (Å²) in [4.78, 5) is 4.98. The quantitative estimate of drug-likeness (QED) is 0.783. The van der Waals surface area contributed by atoms with Crippen LogP contribution in [-0.2, 0) is 0 Å². The summed E-state index contributed by atoms with van der Waals surface area (Å²) in [6, 6.07) is 0.667. The van der Waals surface area contributed by atoms with Gasteiger partial charge in [0.25, 0.3) is 0 Å². The molecule has 20 heavy (non-hydrogen) atoms. The van der Waals surface area contributed by atoms with Gasteiger partial charge in [-0.05, 0) is 64.6 Å². The van der Waals surface area contributed by atoms with E-state index in [1.54, 1.807) is 5.57 Å². The van der Waals surface area contributed by atoms with E-state index in [0.29, 0.717) is 12.0 Å². The summed E-state index contributed by atoms with van der Waals surface area (Å²) in [6.07, 6.45) is 7.50. The van der Waals surface area contributed by atoms with Gasteiger partial charge in [-0.2, -0.15) is 0 Å². The standard InChI is InChI=1S/C17H32N2O/c1-14-5-4-6-15(2)17(14)13-19(11-12-20)16-7-9-18(3)10-8-16/h5,15-17,20H,4,6-13H2,1-3H3/t15-,17+/m1/s1. The van der Waals surface area contributed by atoms with Crippen LogP contribution in [0.25, 0.3) is 0 Å². The molecule has 1 heterocycles. The highest BCUT2D eigenvalue weighted by Crippen LogP contribution is 2.31. The first-order chi connectivity index (χ1) is 9.61. The molecule has 1 fully saturated rings. The van der Waals surface area contributed by atoms with Gasteiger partial charge in [0, 0.05) is 19.1 Å². The van der Waals surface area contributed by atoms with Gasteiger partial charge in [0.1, 0.15) is 0 Å². The number of allylic oxidation sites excluding steroid dienone is 1. The van der Waals surface area contributed by atoms with Crippen molar-refractivity contribution in [3.63, 3.8) is 0 Å². The molecule has 0 aromatic carbocycles. The zero-order valence-electron chi connectivity index (χ0n) is 13.5. The van der Waals surface area contributed by atoms with Crippen molar-refractivity contribution in [3.8, 4) is 0 Å². The van der Waals surface area contributed by atoms with E-state index in [0.717, 1.165) is 19.0 Å². The van der Waals surface area contributed by atoms with Crippen molar-refractivity contribution in [3.05, 3.63) is 11.6 Å². The molecule has 0 saturated carbocycles. The van der Waals surface area contributed by atoms with Crippen molar-refractivity contribution in [1.82, 2.24) is 9.80 Å². The van der Waals surface area contributed by atoms with Crippen LogP contribution in [-0.4, -0.2) is 60.8 Å². The number of aliphatic hydroxyl groups excluding tert-OH is 1. The molecule has 2 atom stereocenters. The average molecular weight is 280 g/mol. The molecule has 3 nitrogen and oxygen atoms in total. The zero-order valence-corrected chi connectivity index (χ0v) is 13.5. The van der Waals surface area contributed by atoms with E-state index in [4.69, 9.17) is 0 Å². The SMILES string of the molecule is CC1=CCC[C@@H](C)[C@H]1CN(CCO)C1CCN(C)CC1. The Kier molecular flexibility index (Phi) is 6.06. The van der Waals surface area contributed by atoms with Gasteiger partial charge in [-0.15, -0.1) is 0 Å². The van der Waals surface area contributed by atoms with E-state index in [1.807, 2.05) is 0 Å². The fourth-order valence-electron chi connectivity index (χ4n) is 3.86. The Bertz CT molecular complexity index is 321. The third kappa shape index (κ3) is 4.06. The largest absolute Gasteiger partial charge is 0.395 e. The van der Waals surface area contributed by atoms with E-state index < -0.39 is 0 Å². The number of piperidine rings is 1. The third-order valence-electron chi connectivity index (χ3n) is 5.38. The number of hydrogen-bond donors (Lipinski definition) is 1. The minimum Gasteiger partial charge on any atom is -0.395 e. The molecule has 116 valence electrons. The van der Waals surface area contributed by atoms with E-state index in [9.17, 15) is 5.11 Å². The van der Waals surface area contributed by atoms with Crippen molar-refractivity contribution >= 4 is 0 Å². The van der Waals surface area contributed by atoms with Crippen molar-refractivity contribution in [1.29, 1.82) is 0 Å². The Labute approximate surface area is 124 Å². The van der Waals surface area contributed by atoms with Crippen LogP contribution in [0, 0.1) is 11.8 Å². The highest BCUT2D eigenvalue weighted by molar-refractivity contribution is 5.09. The van der Waals surface area contributed by atoms with E-state index in [2.05, 4.69) is 36.8 Å². The minimum atomic E-state index is 0.288. The van der Waals surface area contributed by atoms with Gasteiger partial charge >= 0.3 is 0 Å². The van der Waals surface area contributed by atoms with Gasteiger partial charge < -0.3 is 10.0 Å². The second-order valence-electron chi connectivity index (χ2n) is 6.86. The number of aliphatic hydroxyl groups is 1. The lowest BCUT2D eigenvalue weighted by Gasteiger charge is -2.41. The number of nitrogens with zero attached hydrogens (tertiary/aromatic N) is 2. The molecular weight excluding hydrogens is 248 g/mol. The highest BCUT2D eigenvalue weighted by Gasteiger charge is 2.29. The zero-order chi connectivity index (χ0) is 14.5. The Balaban J connectivity index is 1.97. The van der Waals surface area contributed by atoms with Crippen molar-refractivity contribution in [2.45, 2.75) is 45.6 Å². The summed E-state index contributed by atoms with van der Waals surface area (Å²) >= 11 is 0. The molecule has 1 aliphatic carbocycles. The van der Waals surface area contributed by atoms with Gasteiger partial charge in [-0.1, -0.05) is 18.6 Å². The fraction of sp³-hybridized carbons (Fsp3) is 0.882. The van der Waals surface area contributed by atoms with Gasteiger partial charge in [0.05, 0.1) is 6.61 Å². The Morgan fingerprint density at radius 1 is 1.30 bits per heavy atom. The molecule has 0 spiro atoms. The molecule has 2 rings (SSSR count). The summed E-state index contributed by atoms with van der Waals surface area (Å²) in [5, 5.41) is 9.41. The predicted octanol–water partition coefficient (Wildman–Crippen LogP) is 2.37. The van der Waals surface area contributed by atoms with E-state index >= 15 is 0 Å².